The minimum Gasteiger partial charge on any atom is -0.481 e. The van der Waals surface area contributed by atoms with Crippen molar-refractivity contribution in [3.05, 3.63) is 0 Å². The Kier molecular flexibility index (Phi) is 6.11. The summed E-state index contributed by atoms with van der Waals surface area (Å²) in [5.41, 5.74) is 0. The van der Waals surface area contributed by atoms with Crippen LogP contribution in [-0.4, -0.2) is 72.6 Å². The molecule has 0 aromatic heterocycles. The molecule has 0 aromatic carbocycles. The minimum absolute atomic E-state index is 0.0391. The molecule has 1 fully saturated rings. The van der Waals surface area contributed by atoms with Crippen LogP contribution in [0.5, 0.6) is 0 Å². The Hall–Kier alpha value is -1.65. The lowest BCUT2D eigenvalue weighted by Crippen LogP contribution is -2.49. The molecule has 18 heavy (non-hydrogen) atoms. The van der Waals surface area contributed by atoms with Crippen molar-refractivity contribution in [2.45, 2.75) is 6.42 Å². The lowest BCUT2D eigenvalue weighted by atomic mass is 10.3. The van der Waals surface area contributed by atoms with E-state index in [0.717, 1.165) is 26.2 Å². The van der Waals surface area contributed by atoms with Gasteiger partial charge in [0.1, 0.15) is 6.54 Å². The average Bonchev–Trinajstić information content (AvgIpc) is 2.35. The Labute approximate surface area is 106 Å². The number of carboxylic acids is 1. The second kappa shape index (κ2) is 7.63. The van der Waals surface area contributed by atoms with Crippen LogP contribution in [0.2, 0.25) is 0 Å². The van der Waals surface area contributed by atoms with Gasteiger partial charge in [-0.25, -0.2) is 0 Å². The predicted octanol–water partition coefficient (Wildman–Crippen LogP) is -1.28. The number of hydrogen-bond acceptors (Lipinski definition) is 5. The summed E-state index contributed by atoms with van der Waals surface area (Å²) in [7, 11) is 0. The highest BCUT2D eigenvalue weighted by atomic mass is 16.4. The molecule has 2 N–H and O–H groups in total. The van der Waals surface area contributed by atoms with Gasteiger partial charge in [0.2, 0.25) is 5.91 Å². The summed E-state index contributed by atoms with van der Waals surface area (Å²) in [5, 5.41) is 19.4. The van der Waals surface area contributed by atoms with Crippen LogP contribution in [0, 0.1) is 11.3 Å². The van der Waals surface area contributed by atoms with Gasteiger partial charge in [0.15, 0.2) is 0 Å². The Morgan fingerprint density at radius 1 is 1.22 bits per heavy atom. The maximum atomic E-state index is 11.4. The highest BCUT2D eigenvalue weighted by Crippen LogP contribution is 2.02. The molecule has 0 spiro atoms. The summed E-state index contributed by atoms with van der Waals surface area (Å²) in [6.45, 7) is 3.95. The molecule has 0 bridgehead atoms. The van der Waals surface area contributed by atoms with Gasteiger partial charge in [0.25, 0.3) is 0 Å². The van der Waals surface area contributed by atoms with Gasteiger partial charge in [0, 0.05) is 32.7 Å². The zero-order valence-corrected chi connectivity index (χ0v) is 10.3. The molecule has 7 nitrogen and oxygen atoms in total. The largest absolute Gasteiger partial charge is 0.481 e. The van der Waals surface area contributed by atoms with Crippen molar-refractivity contribution >= 4 is 11.9 Å². The number of piperazine rings is 1. The lowest BCUT2D eigenvalue weighted by Gasteiger charge is -2.33. The van der Waals surface area contributed by atoms with Gasteiger partial charge < -0.3 is 15.3 Å². The standard InChI is InChI=1S/C11H18N4O3/c12-2-3-13-10(16)9-15-7-5-14(6-8-15)4-1-11(17)18/h1,3-9H2,(H,13,16)(H,17,18). The molecule has 1 amide bonds. The number of carbonyl (C=O) groups is 2. The fourth-order valence-corrected chi connectivity index (χ4v) is 1.82. The van der Waals surface area contributed by atoms with E-state index in [2.05, 4.69) is 10.2 Å². The van der Waals surface area contributed by atoms with Crippen LogP contribution in [0.4, 0.5) is 0 Å². The Morgan fingerprint density at radius 2 is 1.83 bits per heavy atom. The van der Waals surface area contributed by atoms with E-state index in [4.69, 9.17) is 10.4 Å². The van der Waals surface area contributed by atoms with Crippen LogP contribution >= 0.6 is 0 Å². The first-order valence-electron chi connectivity index (χ1n) is 5.92. The number of rotatable bonds is 6. The molecule has 0 atom stereocenters. The zero-order valence-electron chi connectivity index (χ0n) is 10.3. The van der Waals surface area contributed by atoms with Gasteiger partial charge >= 0.3 is 5.97 Å². The van der Waals surface area contributed by atoms with E-state index in [1.807, 2.05) is 11.0 Å². The Morgan fingerprint density at radius 3 is 2.39 bits per heavy atom. The lowest BCUT2D eigenvalue weighted by molar-refractivity contribution is -0.137. The number of aliphatic carboxylic acids is 1. The van der Waals surface area contributed by atoms with Crippen LogP contribution in [0.15, 0.2) is 0 Å². The quantitative estimate of drug-likeness (QED) is 0.573. The van der Waals surface area contributed by atoms with Crippen molar-refractivity contribution in [3.8, 4) is 6.07 Å². The van der Waals surface area contributed by atoms with E-state index in [1.54, 1.807) is 0 Å². The fourth-order valence-electron chi connectivity index (χ4n) is 1.82. The third-order valence-electron chi connectivity index (χ3n) is 2.84. The smallest absolute Gasteiger partial charge is 0.304 e. The first-order chi connectivity index (χ1) is 8.61. The summed E-state index contributed by atoms with van der Waals surface area (Å²) in [5.74, 6) is -0.927. The van der Waals surface area contributed by atoms with Gasteiger partial charge in [-0.1, -0.05) is 0 Å². The number of amides is 1. The van der Waals surface area contributed by atoms with Gasteiger partial charge in [-0.15, -0.1) is 0 Å². The van der Waals surface area contributed by atoms with Gasteiger partial charge in [-0.2, -0.15) is 5.26 Å². The number of nitrogens with zero attached hydrogens (tertiary/aromatic N) is 3. The molecule has 1 heterocycles. The molecule has 1 saturated heterocycles. The molecule has 1 aliphatic heterocycles. The topological polar surface area (TPSA) is 96.7 Å². The minimum atomic E-state index is -0.784. The van der Waals surface area contributed by atoms with E-state index in [0.29, 0.717) is 13.1 Å². The maximum absolute atomic E-state index is 11.4. The normalized spacial score (nSPS) is 17.1. The van der Waals surface area contributed by atoms with Crippen LogP contribution < -0.4 is 5.32 Å². The second-order valence-corrected chi connectivity index (χ2v) is 4.20. The molecular weight excluding hydrogens is 236 g/mol. The Balaban J connectivity index is 2.17. The maximum Gasteiger partial charge on any atom is 0.304 e. The number of hydrogen-bond donors (Lipinski definition) is 2. The summed E-state index contributed by atoms with van der Waals surface area (Å²) in [4.78, 5) is 25.9. The molecule has 0 radical (unpaired) electrons. The van der Waals surface area contributed by atoms with Crippen molar-refractivity contribution in [2.75, 3.05) is 45.8 Å². The van der Waals surface area contributed by atoms with Crippen molar-refractivity contribution in [1.29, 1.82) is 5.26 Å². The number of carbonyl (C=O) groups excluding carboxylic acids is 1. The first kappa shape index (κ1) is 14.4. The van der Waals surface area contributed by atoms with Gasteiger partial charge in [-0.05, 0) is 0 Å². The van der Waals surface area contributed by atoms with E-state index < -0.39 is 5.97 Å². The fraction of sp³-hybridized carbons (Fsp3) is 0.727. The summed E-state index contributed by atoms with van der Waals surface area (Å²) in [6.07, 6.45) is 0.155. The van der Waals surface area contributed by atoms with Crippen molar-refractivity contribution < 1.29 is 14.7 Å². The van der Waals surface area contributed by atoms with Crippen LogP contribution in [0.25, 0.3) is 0 Å². The van der Waals surface area contributed by atoms with E-state index in [9.17, 15) is 9.59 Å². The second-order valence-electron chi connectivity index (χ2n) is 4.20. The molecule has 0 saturated carbocycles. The third-order valence-corrected chi connectivity index (χ3v) is 2.84. The highest BCUT2D eigenvalue weighted by Gasteiger charge is 2.18. The molecule has 1 aliphatic rings. The predicted molar refractivity (Wildman–Crippen MR) is 63.8 cm³/mol. The third kappa shape index (κ3) is 5.61. The highest BCUT2D eigenvalue weighted by molar-refractivity contribution is 5.78. The Bertz CT molecular complexity index is 332. The number of carboxylic acid groups (broad SMARTS) is 1. The van der Waals surface area contributed by atoms with Crippen LogP contribution in [0.3, 0.4) is 0 Å². The van der Waals surface area contributed by atoms with Crippen LogP contribution in [0.1, 0.15) is 6.42 Å². The average molecular weight is 254 g/mol. The van der Waals surface area contributed by atoms with Gasteiger partial charge in [0.05, 0.1) is 19.0 Å². The summed E-state index contributed by atoms with van der Waals surface area (Å²) >= 11 is 0. The van der Waals surface area contributed by atoms with Crippen molar-refractivity contribution in [1.82, 2.24) is 15.1 Å². The van der Waals surface area contributed by atoms with E-state index >= 15 is 0 Å². The van der Waals surface area contributed by atoms with Gasteiger partial charge in [-0.3, -0.25) is 14.5 Å². The van der Waals surface area contributed by atoms with Crippen molar-refractivity contribution in [2.24, 2.45) is 0 Å². The van der Waals surface area contributed by atoms with E-state index in [1.165, 1.54) is 0 Å². The monoisotopic (exact) mass is 254 g/mol. The molecule has 0 aromatic rings. The molecule has 1 rings (SSSR count). The molecule has 0 unspecified atom stereocenters. The molecule has 0 aliphatic carbocycles. The number of nitriles is 1. The first-order valence-corrected chi connectivity index (χ1v) is 5.92. The summed E-state index contributed by atoms with van der Waals surface area (Å²) in [6, 6.07) is 1.86. The molecule has 7 heteroatoms. The zero-order chi connectivity index (χ0) is 13.4. The van der Waals surface area contributed by atoms with Crippen LogP contribution in [-0.2, 0) is 9.59 Å². The van der Waals surface area contributed by atoms with Crippen molar-refractivity contribution in [3.63, 3.8) is 0 Å². The number of nitrogens with one attached hydrogen (secondary N) is 1. The SMILES string of the molecule is N#CCNC(=O)CN1CCN(CCC(=O)O)CC1. The molecule has 100 valence electrons. The molecular formula is C11H18N4O3. The summed E-state index contributed by atoms with van der Waals surface area (Å²) < 4.78 is 0. The van der Waals surface area contributed by atoms with E-state index in [-0.39, 0.29) is 18.9 Å².